The summed E-state index contributed by atoms with van der Waals surface area (Å²) >= 11 is 0. The van der Waals surface area contributed by atoms with Crippen LogP contribution in [0, 0.1) is 11.3 Å². The number of benzene rings is 1. The normalized spacial score (nSPS) is 12.1. The molecule has 0 aliphatic heterocycles. The largest absolute Gasteiger partial charge is 0.377 e. The van der Waals surface area contributed by atoms with E-state index in [0.717, 1.165) is 19.7 Å². The quantitative estimate of drug-likeness (QED) is 0.795. The minimum atomic E-state index is 0.239. The lowest BCUT2D eigenvalue weighted by atomic mass is 10.1. The van der Waals surface area contributed by atoms with Crippen LogP contribution in [-0.2, 0) is 11.3 Å². The summed E-state index contributed by atoms with van der Waals surface area (Å²) in [6.07, 6.45) is 0.239. The number of rotatable bonds is 6. The maximum atomic E-state index is 8.65. The first-order chi connectivity index (χ1) is 7.76. The van der Waals surface area contributed by atoms with E-state index in [9.17, 15) is 0 Å². The van der Waals surface area contributed by atoms with Crippen molar-refractivity contribution in [3.8, 4) is 6.07 Å². The van der Waals surface area contributed by atoms with Gasteiger partial charge in [0.1, 0.15) is 0 Å². The Balaban J connectivity index is 2.29. The molecule has 1 rings (SSSR count). The first-order valence-electron chi connectivity index (χ1n) is 5.57. The highest BCUT2D eigenvalue weighted by molar-refractivity contribution is 5.31. The van der Waals surface area contributed by atoms with Crippen molar-refractivity contribution < 1.29 is 4.74 Å². The maximum absolute atomic E-state index is 8.65. The molecular formula is C13H18N2O. The summed E-state index contributed by atoms with van der Waals surface area (Å²) in [6, 6.07) is 9.72. The summed E-state index contributed by atoms with van der Waals surface area (Å²) in [6.45, 7) is 6.45. The average Bonchev–Trinajstić information content (AvgIpc) is 2.30. The number of nitriles is 1. The van der Waals surface area contributed by atoms with Crippen LogP contribution in [0.2, 0.25) is 0 Å². The number of nitrogens with one attached hydrogen (secondary N) is 1. The molecular weight excluding hydrogens is 200 g/mol. The lowest BCUT2D eigenvalue weighted by molar-refractivity contribution is 0.0759. The summed E-state index contributed by atoms with van der Waals surface area (Å²) in [5.74, 6) is 0. The Kier molecular flexibility index (Phi) is 5.55. The van der Waals surface area contributed by atoms with Gasteiger partial charge in [0.15, 0.2) is 0 Å². The van der Waals surface area contributed by atoms with Gasteiger partial charge in [-0.05, 0) is 31.5 Å². The molecule has 0 bridgehead atoms. The Labute approximate surface area is 97.0 Å². The van der Waals surface area contributed by atoms with Crippen molar-refractivity contribution in [2.75, 3.05) is 13.2 Å². The monoisotopic (exact) mass is 218 g/mol. The summed E-state index contributed by atoms with van der Waals surface area (Å²) in [5, 5.41) is 12.0. The van der Waals surface area contributed by atoms with Crippen LogP contribution in [0.4, 0.5) is 0 Å². The van der Waals surface area contributed by atoms with Gasteiger partial charge < -0.3 is 10.1 Å². The zero-order valence-electron chi connectivity index (χ0n) is 9.86. The third kappa shape index (κ3) is 4.43. The first-order valence-corrected chi connectivity index (χ1v) is 5.57. The average molecular weight is 218 g/mol. The molecule has 3 heteroatoms. The van der Waals surface area contributed by atoms with Crippen LogP contribution in [0.15, 0.2) is 24.3 Å². The van der Waals surface area contributed by atoms with Crippen molar-refractivity contribution in [3.05, 3.63) is 35.4 Å². The van der Waals surface area contributed by atoms with E-state index in [-0.39, 0.29) is 6.10 Å². The lowest BCUT2D eigenvalue weighted by Gasteiger charge is -2.12. The topological polar surface area (TPSA) is 45.0 Å². The molecule has 0 heterocycles. The van der Waals surface area contributed by atoms with Crippen LogP contribution in [-0.4, -0.2) is 19.3 Å². The van der Waals surface area contributed by atoms with Crippen LogP contribution >= 0.6 is 0 Å². The fraction of sp³-hybridized carbons (Fsp3) is 0.462. The molecule has 0 aliphatic carbocycles. The second kappa shape index (κ2) is 7.00. The summed E-state index contributed by atoms with van der Waals surface area (Å²) < 4.78 is 5.41. The van der Waals surface area contributed by atoms with Gasteiger partial charge in [-0.2, -0.15) is 5.26 Å². The van der Waals surface area contributed by atoms with E-state index in [4.69, 9.17) is 10.00 Å². The van der Waals surface area contributed by atoms with Crippen molar-refractivity contribution >= 4 is 0 Å². The standard InChI is InChI=1S/C13H18N2O/c1-3-16-11(2)9-15-10-13-6-4-12(8-14)5-7-13/h4-7,11,15H,3,9-10H2,1-2H3. The van der Waals surface area contributed by atoms with Gasteiger partial charge in [0, 0.05) is 19.7 Å². The van der Waals surface area contributed by atoms with Crippen LogP contribution in [0.5, 0.6) is 0 Å². The van der Waals surface area contributed by atoms with E-state index in [2.05, 4.69) is 18.3 Å². The Morgan fingerprint density at radius 3 is 2.62 bits per heavy atom. The van der Waals surface area contributed by atoms with E-state index in [0.29, 0.717) is 5.56 Å². The minimum Gasteiger partial charge on any atom is -0.377 e. The molecule has 1 aromatic rings. The SMILES string of the molecule is CCOC(C)CNCc1ccc(C#N)cc1. The molecule has 3 nitrogen and oxygen atoms in total. The molecule has 0 saturated heterocycles. The van der Waals surface area contributed by atoms with Crippen molar-refractivity contribution in [2.45, 2.75) is 26.5 Å². The zero-order chi connectivity index (χ0) is 11.8. The Bertz CT molecular complexity index is 340. The molecule has 0 aliphatic rings. The van der Waals surface area contributed by atoms with Gasteiger partial charge in [0.25, 0.3) is 0 Å². The van der Waals surface area contributed by atoms with Gasteiger partial charge in [0.2, 0.25) is 0 Å². The van der Waals surface area contributed by atoms with Crippen molar-refractivity contribution in [1.29, 1.82) is 5.26 Å². The van der Waals surface area contributed by atoms with E-state index < -0.39 is 0 Å². The van der Waals surface area contributed by atoms with Gasteiger partial charge in [-0.25, -0.2) is 0 Å². The van der Waals surface area contributed by atoms with Crippen molar-refractivity contribution in [1.82, 2.24) is 5.32 Å². The number of hydrogen-bond acceptors (Lipinski definition) is 3. The second-order valence-corrected chi connectivity index (χ2v) is 3.71. The Hall–Kier alpha value is -1.37. The van der Waals surface area contributed by atoms with Gasteiger partial charge in [-0.3, -0.25) is 0 Å². The molecule has 1 N–H and O–H groups in total. The molecule has 0 aromatic heterocycles. The van der Waals surface area contributed by atoms with E-state index >= 15 is 0 Å². The van der Waals surface area contributed by atoms with Crippen molar-refractivity contribution in [3.63, 3.8) is 0 Å². The molecule has 0 fully saturated rings. The fourth-order valence-corrected chi connectivity index (χ4v) is 1.46. The Morgan fingerprint density at radius 1 is 1.38 bits per heavy atom. The van der Waals surface area contributed by atoms with Gasteiger partial charge in [0.05, 0.1) is 17.7 Å². The number of hydrogen-bond donors (Lipinski definition) is 1. The lowest BCUT2D eigenvalue weighted by Crippen LogP contribution is -2.26. The number of ether oxygens (including phenoxy) is 1. The molecule has 1 aromatic carbocycles. The van der Waals surface area contributed by atoms with Gasteiger partial charge in [-0.15, -0.1) is 0 Å². The van der Waals surface area contributed by atoms with Crippen LogP contribution in [0.25, 0.3) is 0 Å². The highest BCUT2D eigenvalue weighted by Gasteiger charge is 1.99. The molecule has 86 valence electrons. The van der Waals surface area contributed by atoms with Crippen LogP contribution in [0.3, 0.4) is 0 Å². The summed E-state index contributed by atoms with van der Waals surface area (Å²) in [4.78, 5) is 0. The van der Waals surface area contributed by atoms with Crippen LogP contribution in [0.1, 0.15) is 25.0 Å². The van der Waals surface area contributed by atoms with Gasteiger partial charge >= 0.3 is 0 Å². The predicted molar refractivity (Wildman–Crippen MR) is 64.0 cm³/mol. The van der Waals surface area contributed by atoms with Gasteiger partial charge in [-0.1, -0.05) is 12.1 Å². The molecule has 0 spiro atoms. The zero-order valence-corrected chi connectivity index (χ0v) is 9.86. The maximum Gasteiger partial charge on any atom is 0.0991 e. The molecule has 16 heavy (non-hydrogen) atoms. The van der Waals surface area contributed by atoms with E-state index in [1.54, 1.807) is 0 Å². The second-order valence-electron chi connectivity index (χ2n) is 3.71. The van der Waals surface area contributed by atoms with Crippen molar-refractivity contribution in [2.24, 2.45) is 0 Å². The third-order valence-electron chi connectivity index (χ3n) is 2.30. The van der Waals surface area contributed by atoms with E-state index in [1.165, 1.54) is 5.56 Å². The molecule has 1 unspecified atom stereocenters. The van der Waals surface area contributed by atoms with E-state index in [1.807, 2.05) is 31.2 Å². The Morgan fingerprint density at radius 2 is 2.06 bits per heavy atom. The number of nitrogens with zero attached hydrogens (tertiary/aromatic N) is 1. The molecule has 0 saturated carbocycles. The first kappa shape index (κ1) is 12.7. The summed E-state index contributed by atoms with van der Waals surface area (Å²) in [7, 11) is 0. The molecule has 0 amide bonds. The third-order valence-corrected chi connectivity index (χ3v) is 2.30. The van der Waals surface area contributed by atoms with Crippen LogP contribution < -0.4 is 5.32 Å². The minimum absolute atomic E-state index is 0.239. The predicted octanol–water partition coefficient (Wildman–Crippen LogP) is 2.07. The summed E-state index contributed by atoms with van der Waals surface area (Å²) in [5.41, 5.74) is 1.88. The highest BCUT2D eigenvalue weighted by atomic mass is 16.5. The molecule has 0 radical (unpaired) electrons. The fourth-order valence-electron chi connectivity index (χ4n) is 1.46. The smallest absolute Gasteiger partial charge is 0.0991 e. The highest BCUT2D eigenvalue weighted by Crippen LogP contribution is 2.02. The molecule has 1 atom stereocenters.